The first-order valence-corrected chi connectivity index (χ1v) is 7.32. The van der Waals surface area contributed by atoms with E-state index < -0.39 is 0 Å². The number of hydrogen-bond donors (Lipinski definition) is 1. The molecule has 0 saturated carbocycles. The first-order chi connectivity index (χ1) is 10.1. The van der Waals surface area contributed by atoms with Gasteiger partial charge in [-0.25, -0.2) is 5.01 Å². The second-order valence-corrected chi connectivity index (χ2v) is 5.90. The third kappa shape index (κ3) is 2.03. The fourth-order valence-electron chi connectivity index (χ4n) is 3.00. The van der Waals surface area contributed by atoms with E-state index in [2.05, 4.69) is 11.2 Å². The van der Waals surface area contributed by atoms with E-state index in [1.807, 2.05) is 42.3 Å². The molecule has 2 N–H and O–H groups in total. The van der Waals surface area contributed by atoms with Crippen LogP contribution in [0.15, 0.2) is 46.7 Å². The van der Waals surface area contributed by atoms with Crippen LogP contribution in [0.2, 0.25) is 0 Å². The normalized spacial score (nSPS) is 25.2. The maximum absolute atomic E-state index is 9.28. The van der Waals surface area contributed by atoms with Gasteiger partial charge in [0.15, 0.2) is 0 Å². The van der Waals surface area contributed by atoms with Crippen LogP contribution in [0, 0.1) is 16.7 Å². The lowest BCUT2D eigenvalue weighted by Gasteiger charge is -2.34. The Morgan fingerprint density at radius 1 is 1.38 bits per heavy atom. The van der Waals surface area contributed by atoms with Crippen LogP contribution >= 0.6 is 12.2 Å². The standard InChI is InChI=1S/C16H16N4S/c1-11-16(8-7-14(18)12(9-16)10-17)15(21)20(19-11)13-5-3-2-4-6-13/h2-6H,7-9,18H2,1H3. The molecule has 1 aromatic carbocycles. The number of nitriles is 1. The summed E-state index contributed by atoms with van der Waals surface area (Å²) in [6, 6.07) is 12.1. The fourth-order valence-corrected chi connectivity index (χ4v) is 3.47. The maximum Gasteiger partial charge on any atom is 0.117 e. The van der Waals surface area contributed by atoms with Gasteiger partial charge in [0.05, 0.1) is 17.2 Å². The maximum atomic E-state index is 9.28. The molecule has 1 heterocycles. The van der Waals surface area contributed by atoms with E-state index in [4.69, 9.17) is 18.0 Å². The van der Waals surface area contributed by atoms with Gasteiger partial charge in [0.25, 0.3) is 0 Å². The lowest BCUT2D eigenvalue weighted by atomic mass is 9.70. The zero-order valence-corrected chi connectivity index (χ0v) is 12.7. The summed E-state index contributed by atoms with van der Waals surface area (Å²) < 4.78 is 0. The Bertz CT molecular complexity index is 699. The Balaban J connectivity index is 1.99. The molecule has 1 atom stereocenters. The summed E-state index contributed by atoms with van der Waals surface area (Å²) in [5.74, 6) is 0. The number of allylic oxidation sites excluding steroid dienone is 2. The molecule has 2 aliphatic rings. The molecule has 3 rings (SSSR count). The fraction of sp³-hybridized carbons (Fsp3) is 0.312. The van der Waals surface area contributed by atoms with E-state index in [0.29, 0.717) is 24.1 Å². The minimum Gasteiger partial charge on any atom is -0.401 e. The van der Waals surface area contributed by atoms with Crippen LogP contribution < -0.4 is 10.7 Å². The number of para-hydroxylation sites is 1. The zero-order valence-electron chi connectivity index (χ0n) is 11.8. The summed E-state index contributed by atoms with van der Waals surface area (Å²) in [4.78, 5) is 0.770. The van der Waals surface area contributed by atoms with Crippen LogP contribution in [0.5, 0.6) is 0 Å². The molecule has 0 saturated heterocycles. The predicted molar refractivity (Wildman–Crippen MR) is 87.7 cm³/mol. The van der Waals surface area contributed by atoms with Crippen molar-refractivity contribution in [2.24, 2.45) is 16.3 Å². The highest BCUT2D eigenvalue weighted by molar-refractivity contribution is 7.80. The molecule has 1 aromatic rings. The molecule has 0 radical (unpaired) electrons. The minimum absolute atomic E-state index is 0.334. The van der Waals surface area contributed by atoms with Crippen molar-refractivity contribution in [2.75, 3.05) is 5.01 Å². The van der Waals surface area contributed by atoms with Gasteiger partial charge in [0, 0.05) is 23.4 Å². The third-order valence-electron chi connectivity index (χ3n) is 4.37. The van der Waals surface area contributed by atoms with Gasteiger partial charge in [-0.15, -0.1) is 0 Å². The number of nitrogens with two attached hydrogens (primary N) is 1. The molecule has 5 heteroatoms. The lowest BCUT2D eigenvalue weighted by Crippen LogP contribution is -2.40. The molecule has 1 aliphatic heterocycles. The molecule has 0 fully saturated rings. The van der Waals surface area contributed by atoms with Gasteiger partial charge in [0.2, 0.25) is 0 Å². The minimum atomic E-state index is -0.334. The predicted octanol–water partition coefficient (Wildman–Crippen LogP) is 3.12. The molecular formula is C16H16N4S. The number of benzene rings is 1. The first-order valence-electron chi connectivity index (χ1n) is 6.91. The number of nitrogens with zero attached hydrogens (tertiary/aromatic N) is 3. The van der Waals surface area contributed by atoms with Crippen LogP contribution in [-0.4, -0.2) is 10.7 Å². The lowest BCUT2D eigenvalue weighted by molar-refractivity contribution is 0.499. The van der Waals surface area contributed by atoms with E-state index in [1.54, 1.807) is 0 Å². The van der Waals surface area contributed by atoms with Crippen LogP contribution in [-0.2, 0) is 0 Å². The highest BCUT2D eigenvalue weighted by Gasteiger charge is 2.48. The summed E-state index contributed by atoms with van der Waals surface area (Å²) in [6.07, 6.45) is 2.08. The Hall–Kier alpha value is -2.19. The van der Waals surface area contributed by atoms with Crippen molar-refractivity contribution in [1.82, 2.24) is 0 Å². The van der Waals surface area contributed by atoms with Gasteiger partial charge in [-0.3, -0.25) is 0 Å². The molecule has 0 aromatic heterocycles. The Morgan fingerprint density at radius 2 is 2.10 bits per heavy atom. The second kappa shape index (κ2) is 4.97. The second-order valence-electron chi connectivity index (χ2n) is 5.51. The molecule has 0 bridgehead atoms. The number of rotatable bonds is 1. The van der Waals surface area contributed by atoms with Gasteiger partial charge in [-0.1, -0.05) is 30.4 Å². The molecule has 4 nitrogen and oxygen atoms in total. The quantitative estimate of drug-likeness (QED) is 0.809. The number of hydrazone groups is 1. The Labute approximate surface area is 129 Å². The largest absolute Gasteiger partial charge is 0.401 e. The molecule has 1 unspecified atom stereocenters. The number of hydrogen-bond acceptors (Lipinski definition) is 4. The Morgan fingerprint density at radius 3 is 2.76 bits per heavy atom. The monoisotopic (exact) mass is 296 g/mol. The van der Waals surface area contributed by atoms with Crippen molar-refractivity contribution in [3.63, 3.8) is 0 Å². The molecular weight excluding hydrogens is 280 g/mol. The smallest absolute Gasteiger partial charge is 0.117 e. The highest BCUT2D eigenvalue weighted by atomic mass is 32.1. The van der Waals surface area contributed by atoms with Crippen molar-refractivity contribution >= 4 is 28.6 Å². The summed E-state index contributed by atoms with van der Waals surface area (Å²) in [5, 5.41) is 15.7. The third-order valence-corrected chi connectivity index (χ3v) is 4.93. The number of thiocarbonyl (C=S) groups is 1. The van der Waals surface area contributed by atoms with Gasteiger partial charge in [0.1, 0.15) is 4.99 Å². The van der Waals surface area contributed by atoms with Crippen molar-refractivity contribution < 1.29 is 0 Å². The van der Waals surface area contributed by atoms with Crippen LogP contribution in [0.25, 0.3) is 0 Å². The van der Waals surface area contributed by atoms with E-state index in [0.717, 1.165) is 22.8 Å². The Kier molecular flexibility index (Phi) is 3.26. The first kappa shape index (κ1) is 13.8. The van der Waals surface area contributed by atoms with Gasteiger partial charge < -0.3 is 5.73 Å². The molecule has 21 heavy (non-hydrogen) atoms. The summed E-state index contributed by atoms with van der Waals surface area (Å²) in [5.41, 5.74) is 8.87. The van der Waals surface area contributed by atoms with Crippen molar-refractivity contribution in [3.05, 3.63) is 41.6 Å². The number of anilines is 1. The van der Waals surface area contributed by atoms with Gasteiger partial charge >= 0.3 is 0 Å². The van der Waals surface area contributed by atoms with E-state index >= 15 is 0 Å². The van der Waals surface area contributed by atoms with Gasteiger partial charge in [-0.05, 0) is 31.9 Å². The van der Waals surface area contributed by atoms with Crippen LogP contribution in [0.1, 0.15) is 26.2 Å². The molecule has 1 aliphatic carbocycles. The topological polar surface area (TPSA) is 65.4 Å². The van der Waals surface area contributed by atoms with Gasteiger partial charge in [-0.2, -0.15) is 10.4 Å². The van der Waals surface area contributed by atoms with E-state index in [-0.39, 0.29) is 5.41 Å². The molecule has 0 amide bonds. The average Bonchev–Trinajstić information content (AvgIpc) is 2.75. The zero-order chi connectivity index (χ0) is 15.0. The van der Waals surface area contributed by atoms with Crippen molar-refractivity contribution in [1.29, 1.82) is 5.26 Å². The highest BCUT2D eigenvalue weighted by Crippen LogP contribution is 2.45. The SMILES string of the molecule is CC1=NN(c2ccccc2)C(=S)C12CCC(N)=C(C#N)C2. The van der Waals surface area contributed by atoms with E-state index in [1.165, 1.54) is 0 Å². The van der Waals surface area contributed by atoms with Crippen molar-refractivity contribution in [2.45, 2.75) is 26.2 Å². The molecule has 1 spiro atoms. The van der Waals surface area contributed by atoms with Crippen LogP contribution in [0.4, 0.5) is 5.69 Å². The summed E-state index contributed by atoms with van der Waals surface area (Å²) in [6.45, 7) is 1.99. The average molecular weight is 296 g/mol. The molecule has 106 valence electrons. The van der Waals surface area contributed by atoms with Crippen LogP contribution in [0.3, 0.4) is 0 Å². The summed E-state index contributed by atoms with van der Waals surface area (Å²) >= 11 is 5.71. The van der Waals surface area contributed by atoms with E-state index in [9.17, 15) is 5.26 Å². The summed E-state index contributed by atoms with van der Waals surface area (Å²) in [7, 11) is 0. The van der Waals surface area contributed by atoms with Crippen molar-refractivity contribution in [3.8, 4) is 6.07 Å².